The Morgan fingerprint density at radius 1 is 1.06 bits per heavy atom. The molecule has 31 heavy (non-hydrogen) atoms. The Hall–Kier alpha value is -2.38. The van der Waals surface area contributed by atoms with Crippen LogP contribution in [0.4, 0.5) is 5.69 Å². The molecule has 1 aliphatic rings. The normalized spacial score (nSPS) is 14.5. The molecule has 1 saturated heterocycles. The maximum absolute atomic E-state index is 12.2. The third-order valence-corrected chi connectivity index (χ3v) is 5.55. The van der Waals surface area contributed by atoms with Crippen LogP contribution in [0, 0.1) is 0 Å². The summed E-state index contributed by atoms with van der Waals surface area (Å²) in [5, 5.41) is 6.65. The van der Waals surface area contributed by atoms with Crippen LogP contribution in [-0.2, 0) is 20.9 Å². The second kappa shape index (κ2) is 11.9. The van der Waals surface area contributed by atoms with Crippen molar-refractivity contribution in [1.82, 2.24) is 10.2 Å². The standard InChI is InChI=1S/C23H25Cl2N3O3/c24-20-6-4-17(15-21(20)25)5-7-22(29)26-16-18-2-1-3-19(14-18)27-23(30)8-9-28-10-12-31-13-11-28/h1-7,14-15H,8-13,16H2,(H,26,29)(H,27,30). The third-order valence-electron chi connectivity index (χ3n) is 4.81. The number of rotatable bonds is 8. The van der Waals surface area contributed by atoms with Crippen LogP contribution in [0.15, 0.2) is 48.5 Å². The first-order chi connectivity index (χ1) is 15.0. The minimum atomic E-state index is -0.231. The molecule has 0 atom stereocenters. The quantitative estimate of drug-likeness (QED) is 0.583. The highest BCUT2D eigenvalue weighted by molar-refractivity contribution is 6.42. The molecule has 0 unspecified atom stereocenters. The molecule has 6 nitrogen and oxygen atoms in total. The molecule has 164 valence electrons. The zero-order chi connectivity index (χ0) is 22.1. The van der Waals surface area contributed by atoms with Gasteiger partial charge in [0.15, 0.2) is 0 Å². The summed E-state index contributed by atoms with van der Waals surface area (Å²) in [5.41, 5.74) is 2.39. The van der Waals surface area contributed by atoms with Crippen LogP contribution in [0.3, 0.4) is 0 Å². The van der Waals surface area contributed by atoms with Crippen LogP contribution in [0.5, 0.6) is 0 Å². The number of ether oxygens (including phenoxy) is 1. The molecule has 1 aliphatic heterocycles. The average Bonchev–Trinajstić information content (AvgIpc) is 2.78. The second-order valence-corrected chi connectivity index (χ2v) is 7.99. The van der Waals surface area contributed by atoms with Gasteiger partial charge in [0.1, 0.15) is 0 Å². The largest absolute Gasteiger partial charge is 0.379 e. The van der Waals surface area contributed by atoms with Crippen molar-refractivity contribution in [2.24, 2.45) is 0 Å². The van der Waals surface area contributed by atoms with Gasteiger partial charge >= 0.3 is 0 Å². The van der Waals surface area contributed by atoms with E-state index in [-0.39, 0.29) is 11.8 Å². The number of amides is 2. The van der Waals surface area contributed by atoms with Crippen molar-refractivity contribution in [1.29, 1.82) is 0 Å². The summed E-state index contributed by atoms with van der Waals surface area (Å²) < 4.78 is 5.32. The number of morpholine rings is 1. The lowest BCUT2D eigenvalue weighted by Gasteiger charge is -2.26. The molecular formula is C23H25Cl2N3O3. The van der Waals surface area contributed by atoms with E-state index >= 15 is 0 Å². The van der Waals surface area contributed by atoms with Crippen molar-refractivity contribution in [3.8, 4) is 0 Å². The molecule has 2 aromatic rings. The summed E-state index contributed by atoms with van der Waals surface area (Å²) in [6, 6.07) is 12.6. The molecule has 0 bridgehead atoms. The number of halogens is 2. The summed E-state index contributed by atoms with van der Waals surface area (Å²) in [4.78, 5) is 26.6. The maximum Gasteiger partial charge on any atom is 0.244 e. The minimum absolute atomic E-state index is 0.0303. The van der Waals surface area contributed by atoms with Crippen molar-refractivity contribution in [3.05, 3.63) is 69.7 Å². The zero-order valence-corrected chi connectivity index (χ0v) is 18.6. The van der Waals surface area contributed by atoms with E-state index in [4.69, 9.17) is 27.9 Å². The van der Waals surface area contributed by atoms with Gasteiger partial charge in [-0.2, -0.15) is 0 Å². The fourth-order valence-electron chi connectivity index (χ4n) is 3.10. The van der Waals surface area contributed by atoms with Gasteiger partial charge in [-0.05, 0) is 41.5 Å². The summed E-state index contributed by atoms with van der Waals surface area (Å²) in [6.45, 7) is 4.23. The number of anilines is 1. The second-order valence-electron chi connectivity index (χ2n) is 7.18. The molecule has 0 saturated carbocycles. The Bertz CT molecular complexity index is 943. The number of hydrogen-bond acceptors (Lipinski definition) is 4. The Morgan fingerprint density at radius 3 is 2.65 bits per heavy atom. The van der Waals surface area contributed by atoms with Crippen LogP contribution >= 0.6 is 23.2 Å². The molecule has 8 heteroatoms. The van der Waals surface area contributed by atoms with Crippen molar-refractivity contribution < 1.29 is 14.3 Å². The molecule has 0 aliphatic carbocycles. The molecule has 0 aromatic heterocycles. The van der Waals surface area contributed by atoms with Crippen molar-refractivity contribution >= 4 is 46.8 Å². The maximum atomic E-state index is 12.2. The smallest absolute Gasteiger partial charge is 0.244 e. The first-order valence-corrected chi connectivity index (χ1v) is 10.8. The van der Waals surface area contributed by atoms with Gasteiger partial charge in [-0.1, -0.05) is 41.4 Å². The number of hydrogen-bond donors (Lipinski definition) is 2. The van der Waals surface area contributed by atoms with Gasteiger partial charge < -0.3 is 15.4 Å². The highest BCUT2D eigenvalue weighted by atomic mass is 35.5. The highest BCUT2D eigenvalue weighted by Crippen LogP contribution is 2.23. The topological polar surface area (TPSA) is 70.7 Å². The third kappa shape index (κ3) is 7.99. The molecule has 0 radical (unpaired) electrons. The van der Waals surface area contributed by atoms with Gasteiger partial charge in [0.05, 0.1) is 23.3 Å². The van der Waals surface area contributed by atoms with Crippen LogP contribution in [0.1, 0.15) is 17.5 Å². The zero-order valence-electron chi connectivity index (χ0n) is 17.1. The summed E-state index contributed by atoms with van der Waals surface area (Å²) >= 11 is 11.9. The van der Waals surface area contributed by atoms with Crippen molar-refractivity contribution in [2.75, 3.05) is 38.2 Å². The number of nitrogens with one attached hydrogen (secondary N) is 2. The van der Waals surface area contributed by atoms with E-state index in [1.807, 2.05) is 24.3 Å². The van der Waals surface area contributed by atoms with Crippen LogP contribution in [0.25, 0.3) is 6.08 Å². The Labute approximate surface area is 192 Å². The fraction of sp³-hybridized carbons (Fsp3) is 0.304. The molecule has 2 aromatic carbocycles. The van der Waals surface area contributed by atoms with Gasteiger partial charge in [-0.25, -0.2) is 0 Å². The van der Waals surface area contributed by atoms with E-state index in [1.54, 1.807) is 24.3 Å². The van der Waals surface area contributed by atoms with Crippen LogP contribution in [-0.4, -0.2) is 49.6 Å². The number of benzene rings is 2. The molecule has 3 rings (SSSR count). The van der Waals surface area contributed by atoms with Crippen LogP contribution < -0.4 is 10.6 Å². The monoisotopic (exact) mass is 461 g/mol. The highest BCUT2D eigenvalue weighted by Gasteiger charge is 2.12. The summed E-state index contributed by atoms with van der Waals surface area (Å²) in [6.07, 6.45) is 3.54. The lowest BCUT2D eigenvalue weighted by atomic mass is 10.2. The van der Waals surface area contributed by atoms with Gasteiger partial charge in [0.2, 0.25) is 11.8 Å². The van der Waals surface area contributed by atoms with E-state index in [0.717, 1.165) is 44.0 Å². The van der Waals surface area contributed by atoms with E-state index in [0.29, 0.717) is 28.7 Å². The predicted molar refractivity (Wildman–Crippen MR) is 124 cm³/mol. The Kier molecular flexibility index (Phi) is 8.91. The lowest BCUT2D eigenvalue weighted by molar-refractivity contribution is -0.117. The predicted octanol–water partition coefficient (Wildman–Crippen LogP) is 3.98. The SMILES string of the molecule is O=C(C=Cc1ccc(Cl)c(Cl)c1)NCc1cccc(NC(=O)CCN2CCOCC2)c1. The number of carbonyl (C=O) groups is 2. The van der Waals surface area contributed by atoms with E-state index in [2.05, 4.69) is 15.5 Å². The molecule has 2 amide bonds. The summed E-state index contributed by atoms with van der Waals surface area (Å²) in [7, 11) is 0. The molecule has 1 fully saturated rings. The Balaban J connectivity index is 1.44. The minimum Gasteiger partial charge on any atom is -0.379 e. The van der Waals surface area contributed by atoms with Gasteiger partial charge in [0.25, 0.3) is 0 Å². The van der Waals surface area contributed by atoms with Crippen molar-refractivity contribution in [3.63, 3.8) is 0 Å². The van der Waals surface area contributed by atoms with Gasteiger partial charge in [-0.15, -0.1) is 0 Å². The number of nitrogens with zero attached hydrogens (tertiary/aromatic N) is 1. The molecule has 1 heterocycles. The van der Waals surface area contributed by atoms with Crippen molar-refractivity contribution in [2.45, 2.75) is 13.0 Å². The molecule has 2 N–H and O–H groups in total. The first kappa shape index (κ1) is 23.3. The number of carbonyl (C=O) groups excluding carboxylic acids is 2. The van der Waals surface area contributed by atoms with E-state index < -0.39 is 0 Å². The lowest BCUT2D eigenvalue weighted by Crippen LogP contribution is -2.38. The summed E-state index contributed by atoms with van der Waals surface area (Å²) in [5.74, 6) is -0.261. The Morgan fingerprint density at radius 2 is 1.87 bits per heavy atom. The van der Waals surface area contributed by atoms with Gasteiger partial charge in [0, 0.05) is 44.4 Å². The molecular weight excluding hydrogens is 437 g/mol. The first-order valence-electron chi connectivity index (χ1n) is 10.1. The molecule has 0 spiro atoms. The van der Waals surface area contributed by atoms with E-state index in [9.17, 15) is 9.59 Å². The average molecular weight is 462 g/mol. The van der Waals surface area contributed by atoms with Gasteiger partial charge in [-0.3, -0.25) is 14.5 Å². The van der Waals surface area contributed by atoms with Crippen LogP contribution in [0.2, 0.25) is 10.0 Å². The van der Waals surface area contributed by atoms with E-state index in [1.165, 1.54) is 6.08 Å². The fourth-order valence-corrected chi connectivity index (χ4v) is 3.41.